The molecule has 0 aliphatic rings. The molecule has 88 valence electrons. The zero-order valence-corrected chi connectivity index (χ0v) is 10.9. The smallest absolute Gasteiger partial charge is 0.302 e. The van der Waals surface area contributed by atoms with Crippen molar-refractivity contribution in [3.05, 3.63) is 12.2 Å². The van der Waals surface area contributed by atoms with Gasteiger partial charge in [-0.25, -0.2) is 0 Å². The van der Waals surface area contributed by atoms with Crippen LogP contribution in [-0.2, 0) is 9.53 Å². The van der Waals surface area contributed by atoms with Crippen molar-refractivity contribution in [3.8, 4) is 0 Å². The highest BCUT2D eigenvalue weighted by atomic mass is 16.5. The maximum atomic E-state index is 10.5. The summed E-state index contributed by atoms with van der Waals surface area (Å²) < 4.78 is 4.84. The summed E-state index contributed by atoms with van der Waals surface area (Å²) in [5.41, 5.74) is 0.466. The van der Waals surface area contributed by atoms with E-state index in [0.717, 1.165) is 6.42 Å². The maximum absolute atomic E-state index is 10.5. The lowest BCUT2D eigenvalue weighted by Gasteiger charge is -2.29. The summed E-state index contributed by atoms with van der Waals surface area (Å²) in [6.07, 6.45) is 5.16. The Morgan fingerprint density at radius 3 is 2.13 bits per heavy atom. The van der Waals surface area contributed by atoms with Gasteiger partial charge in [0.1, 0.15) is 6.61 Å². The number of carbonyl (C=O) groups excluding carboxylic acids is 1. The largest absolute Gasteiger partial charge is 0.462 e. The highest BCUT2D eigenvalue weighted by Gasteiger charge is 2.22. The lowest BCUT2D eigenvalue weighted by Crippen LogP contribution is -2.18. The molecule has 0 amide bonds. The second-order valence-corrected chi connectivity index (χ2v) is 5.93. The predicted octanol–water partition coefficient (Wildman–Crippen LogP) is 3.57. The van der Waals surface area contributed by atoms with E-state index in [1.807, 2.05) is 6.08 Å². The molecule has 0 atom stereocenters. The van der Waals surface area contributed by atoms with Crippen LogP contribution in [0.2, 0.25) is 0 Å². The summed E-state index contributed by atoms with van der Waals surface area (Å²) in [7, 11) is 0. The topological polar surface area (TPSA) is 26.3 Å². The molecule has 0 aliphatic heterocycles. The van der Waals surface area contributed by atoms with Crippen LogP contribution in [0.15, 0.2) is 12.2 Å². The zero-order valence-electron chi connectivity index (χ0n) is 10.9. The molecule has 0 saturated carbocycles. The molecule has 0 unspecified atom stereocenters. The molecular formula is C13H24O2. The van der Waals surface area contributed by atoms with E-state index >= 15 is 0 Å². The van der Waals surface area contributed by atoms with Gasteiger partial charge in [0.25, 0.3) is 0 Å². The molecule has 0 radical (unpaired) electrons. The maximum Gasteiger partial charge on any atom is 0.302 e. The lowest BCUT2D eigenvalue weighted by atomic mass is 9.76. The van der Waals surface area contributed by atoms with E-state index in [1.54, 1.807) is 0 Å². The van der Waals surface area contributed by atoms with E-state index in [4.69, 9.17) is 4.74 Å². The van der Waals surface area contributed by atoms with Crippen LogP contribution < -0.4 is 0 Å². The average molecular weight is 212 g/mol. The SMILES string of the molecule is CC(=O)OCC=CC(C)(C)CC(C)(C)C. The Kier molecular flexibility index (Phi) is 5.06. The summed E-state index contributed by atoms with van der Waals surface area (Å²) in [5, 5.41) is 0. The van der Waals surface area contributed by atoms with Crippen LogP contribution in [0, 0.1) is 10.8 Å². The standard InChI is InChI=1S/C13H24O2/c1-11(14)15-9-7-8-13(5,6)10-12(2,3)4/h7-8H,9-10H2,1-6H3. The minimum absolute atomic E-state index is 0.151. The summed E-state index contributed by atoms with van der Waals surface area (Å²) >= 11 is 0. The Hall–Kier alpha value is -0.790. The molecule has 0 bridgehead atoms. The third-order valence-corrected chi connectivity index (χ3v) is 1.94. The molecule has 2 heteroatoms. The molecule has 0 spiro atoms. The van der Waals surface area contributed by atoms with Crippen molar-refractivity contribution in [3.63, 3.8) is 0 Å². The molecule has 0 N–H and O–H groups in total. The molecule has 0 fully saturated rings. The second-order valence-electron chi connectivity index (χ2n) is 5.93. The van der Waals surface area contributed by atoms with Crippen LogP contribution in [0.5, 0.6) is 0 Å². The molecular weight excluding hydrogens is 188 g/mol. The number of hydrogen-bond donors (Lipinski definition) is 0. The number of rotatable bonds is 4. The molecule has 0 saturated heterocycles. The minimum Gasteiger partial charge on any atom is -0.462 e. The first kappa shape index (κ1) is 14.2. The van der Waals surface area contributed by atoms with Crippen LogP contribution in [0.1, 0.15) is 48.0 Å². The van der Waals surface area contributed by atoms with Gasteiger partial charge >= 0.3 is 5.97 Å². The van der Waals surface area contributed by atoms with Crippen molar-refractivity contribution in [2.45, 2.75) is 48.0 Å². The van der Waals surface area contributed by atoms with Crippen molar-refractivity contribution >= 4 is 5.97 Å². The van der Waals surface area contributed by atoms with Crippen LogP contribution in [-0.4, -0.2) is 12.6 Å². The Morgan fingerprint density at radius 2 is 1.73 bits per heavy atom. The molecule has 15 heavy (non-hydrogen) atoms. The van der Waals surface area contributed by atoms with Gasteiger partial charge in [-0.3, -0.25) is 4.79 Å². The number of ether oxygens (including phenoxy) is 1. The van der Waals surface area contributed by atoms with E-state index in [9.17, 15) is 4.79 Å². The summed E-state index contributed by atoms with van der Waals surface area (Å²) in [6, 6.07) is 0. The Morgan fingerprint density at radius 1 is 1.20 bits per heavy atom. The quantitative estimate of drug-likeness (QED) is 0.526. The Bertz CT molecular complexity index is 231. The predicted molar refractivity (Wildman–Crippen MR) is 63.6 cm³/mol. The molecule has 0 aromatic rings. The summed E-state index contributed by atoms with van der Waals surface area (Å²) in [5.74, 6) is -0.228. The first-order valence-electron chi connectivity index (χ1n) is 5.43. The monoisotopic (exact) mass is 212 g/mol. The van der Waals surface area contributed by atoms with Crippen molar-refractivity contribution in [2.24, 2.45) is 10.8 Å². The molecule has 0 aromatic heterocycles. The van der Waals surface area contributed by atoms with E-state index in [-0.39, 0.29) is 11.4 Å². The average Bonchev–Trinajstić information content (AvgIpc) is 1.93. The van der Waals surface area contributed by atoms with Gasteiger partial charge in [0.2, 0.25) is 0 Å². The number of esters is 1. The third-order valence-electron chi connectivity index (χ3n) is 1.94. The number of allylic oxidation sites excluding steroid dienone is 1. The first-order chi connectivity index (χ1) is 6.62. The van der Waals surface area contributed by atoms with E-state index in [0.29, 0.717) is 12.0 Å². The fraction of sp³-hybridized carbons (Fsp3) is 0.769. The van der Waals surface area contributed by atoms with Gasteiger partial charge in [0, 0.05) is 6.92 Å². The number of carbonyl (C=O) groups is 1. The molecule has 2 nitrogen and oxygen atoms in total. The first-order valence-corrected chi connectivity index (χ1v) is 5.43. The van der Waals surface area contributed by atoms with E-state index in [2.05, 4.69) is 40.7 Å². The van der Waals surface area contributed by atoms with Crippen molar-refractivity contribution < 1.29 is 9.53 Å². The van der Waals surface area contributed by atoms with Crippen molar-refractivity contribution in [2.75, 3.05) is 6.61 Å². The molecule has 0 heterocycles. The van der Waals surface area contributed by atoms with Gasteiger partial charge in [0.05, 0.1) is 0 Å². The van der Waals surface area contributed by atoms with Gasteiger partial charge < -0.3 is 4.74 Å². The summed E-state index contributed by atoms with van der Waals surface area (Å²) in [4.78, 5) is 10.5. The van der Waals surface area contributed by atoms with Crippen molar-refractivity contribution in [1.29, 1.82) is 0 Å². The van der Waals surface area contributed by atoms with Gasteiger partial charge in [-0.1, -0.05) is 46.8 Å². The fourth-order valence-corrected chi connectivity index (χ4v) is 1.96. The van der Waals surface area contributed by atoms with Gasteiger partial charge in [-0.15, -0.1) is 0 Å². The highest BCUT2D eigenvalue weighted by molar-refractivity contribution is 5.65. The van der Waals surface area contributed by atoms with Gasteiger partial charge in [0.15, 0.2) is 0 Å². The molecule has 0 aromatic carbocycles. The third kappa shape index (κ3) is 9.51. The second kappa shape index (κ2) is 5.34. The van der Waals surface area contributed by atoms with E-state index < -0.39 is 0 Å². The van der Waals surface area contributed by atoms with Gasteiger partial charge in [-0.2, -0.15) is 0 Å². The lowest BCUT2D eigenvalue weighted by molar-refractivity contribution is -0.139. The fourth-order valence-electron chi connectivity index (χ4n) is 1.96. The zero-order chi connectivity index (χ0) is 12.1. The van der Waals surface area contributed by atoms with E-state index in [1.165, 1.54) is 6.92 Å². The normalized spacial score (nSPS) is 13.2. The number of hydrogen-bond acceptors (Lipinski definition) is 2. The van der Waals surface area contributed by atoms with Crippen LogP contribution in [0.4, 0.5) is 0 Å². The Labute approximate surface area is 93.7 Å². The van der Waals surface area contributed by atoms with Crippen LogP contribution >= 0.6 is 0 Å². The minimum atomic E-state index is -0.228. The summed E-state index contributed by atoms with van der Waals surface area (Å²) in [6.45, 7) is 12.9. The van der Waals surface area contributed by atoms with Crippen LogP contribution in [0.25, 0.3) is 0 Å². The Balaban J connectivity index is 4.07. The highest BCUT2D eigenvalue weighted by Crippen LogP contribution is 2.33. The molecule has 0 aliphatic carbocycles. The van der Waals surface area contributed by atoms with Gasteiger partial charge in [-0.05, 0) is 17.3 Å². The molecule has 0 rings (SSSR count). The van der Waals surface area contributed by atoms with Crippen molar-refractivity contribution in [1.82, 2.24) is 0 Å². The van der Waals surface area contributed by atoms with Crippen LogP contribution in [0.3, 0.4) is 0 Å².